The van der Waals surface area contributed by atoms with E-state index in [4.69, 9.17) is 4.74 Å². The van der Waals surface area contributed by atoms with Crippen molar-refractivity contribution in [2.45, 2.75) is 26.4 Å². The lowest BCUT2D eigenvalue weighted by Gasteiger charge is -2.28. The minimum atomic E-state index is -1.84. The van der Waals surface area contributed by atoms with Gasteiger partial charge in [0.05, 0.1) is 6.16 Å². The molecule has 2 nitrogen and oxygen atoms in total. The Morgan fingerprint density at radius 1 is 0.778 bits per heavy atom. The molecular formula is C24H26O2P+. The monoisotopic (exact) mass is 377 g/mol. The van der Waals surface area contributed by atoms with Gasteiger partial charge in [-0.2, -0.15) is 0 Å². The number of benzene rings is 3. The molecule has 0 radical (unpaired) electrons. The van der Waals surface area contributed by atoms with Gasteiger partial charge < -0.3 is 4.74 Å². The Bertz CT molecular complexity index is 751. The van der Waals surface area contributed by atoms with E-state index < -0.39 is 7.26 Å². The van der Waals surface area contributed by atoms with Gasteiger partial charge in [0.1, 0.15) is 29.3 Å². The summed E-state index contributed by atoms with van der Waals surface area (Å²) in [6, 6.07) is 32.3. The summed E-state index contributed by atoms with van der Waals surface area (Å²) in [5.74, 6) is -0.217. The van der Waals surface area contributed by atoms with Crippen LogP contribution in [0.5, 0.6) is 0 Å². The zero-order valence-electron chi connectivity index (χ0n) is 15.9. The lowest BCUT2D eigenvalue weighted by molar-refractivity contribution is -0.145. The molecule has 0 fully saturated rings. The number of ether oxygens (including phenoxy) is 1. The van der Waals surface area contributed by atoms with Crippen molar-refractivity contribution in [3.63, 3.8) is 0 Å². The van der Waals surface area contributed by atoms with Crippen molar-refractivity contribution in [1.82, 2.24) is 0 Å². The highest BCUT2D eigenvalue weighted by atomic mass is 31.2. The molecule has 27 heavy (non-hydrogen) atoms. The van der Waals surface area contributed by atoms with Gasteiger partial charge in [-0.15, -0.1) is 0 Å². The fraction of sp³-hybridized carbons (Fsp3) is 0.208. The highest BCUT2D eigenvalue weighted by Gasteiger charge is 2.45. The molecule has 0 spiro atoms. The van der Waals surface area contributed by atoms with E-state index in [1.807, 2.05) is 6.92 Å². The fourth-order valence-corrected chi connectivity index (χ4v) is 8.06. The number of hydrogen-bond acceptors (Lipinski definition) is 2. The number of esters is 1. The van der Waals surface area contributed by atoms with Gasteiger partial charge in [0, 0.05) is 13.3 Å². The van der Waals surface area contributed by atoms with Crippen LogP contribution >= 0.6 is 7.26 Å². The van der Waals surface area contributed by atoms with Gasteiger partial charge in [0.15, 0.2) is 0 Å². The molecule has 0 aliphatic heterocycles. The summed E-state index contributed by atoms with van der Waals surface area (Å²) < 4.78 is 5.43. The van der Waals surface area contributed by atoms with Gasteiger partial charge in [-0.3, -0.25) is 4.79 Å². The van der Waals surface area contributed by atoms with Gasteiger partial charge in [0.2, 0.25) is 0 Å². The summed E-state index contributed by atoms with van der Waals surface area (Å²) in [6.07, 6.45) is 1.68. The molecule has 3 aromatic rings. The molecule has 0 aromatic heterocycles. The first-order valence-corrected chi connectivity index (χ1v) is 11.3. The molecule has 1 atom stereocenters. The second-order valence-electron chi connectivity index (χ2n) is 6.75. The van der Waals surface area contributed by atoms with Crippen LogP contribution in [0.15, 0.2) is 91.0 Å². The van der Waals surface area contributed by atoms with Crippen LogP contribution in [0.4, 0.5) is 0 Å². The van der Waals surface area contributed by atoms with Crippen molar-refractivity contribution in [3.05, 3.63) is 91.0 Å². The molecule has 3 aromatic carbocycles. The molecule has 0 saturated heterocycles. The second kappa shape index (κ2) is 8.97. The zero-order chi connectivity index (χ0) is 19.1. The smallest absolute Gasteiger partial charge is 0.302 e. The molecular weight excluding hydrogens is 351 g/mol. The standard InChI is InChI=1S/C24H26O2P/c1-20(26-21(2)25)18-19-27(22-12-6-3-7-13-22,23-14-8-4-9-15-23)24-16-10-5-11-17-24/h3-17,20H,18-19H2,1-2H3/q+1. The van der Waals surface area contributed by atoms with E-state index in [0.717, 1.165) is 12.6 Å². The van der Waals surface area contributed by atoms with Crippen LogP contribution in [-0.2, 0) is 9.53 Å². The van der Waals surface area contributed by atoms with E-state index in [1.54, 1.807) is 0 Å². The number of rotatable bonds is 7. The highest BCUT2D eigenvalue weighted by molar-refractivity contribution is 7.95. The number of carbonyl (C=O) groups excluding carboxylic acids is 1. The van der Waals surface area contributed by atoms with Crippen LogP contribution in [0, 0.1) is 0 Å². The average Bonchev–Trinajstić information content (AvgIpc) is 2.70. The topological polar surface area (TPSA) is 26.3 Å². The predicted molar refractivity (Wildman–Crippen MR) is 116 cm³/mol. The summed E-state index contributed by atoms with van der Waals surface area (Å²) in [7, 11) is -1.84. The lowest BCUT2D eigenvalue weighted by atomic mass is 10.3. The van der Waals surface area contributed by atoms with Gasteiger partial charge in [0.25, 0.3) is 0 Å². The Labute approximate surface area is 162 Å². The highest BCUT2D eigenvalue weighted by Crippen LogP contribution is 2.55. The van der Waals surface area contributed by atoms with Crippen molar-refractivity contribution >= 4 is 29.1 Å². The van der Waals surface area contributed by atoms with Crippen LogP contribution < -0.4 is 15.9 Å². The Kier molecular flexibility index (Phi) is 6.42. The first-order valence-electron chi connectivity index (χ1n) is 9.35. The molecule has 0 aliphatic carbocycles. The third-order valence-electron chi connectivity index (χ3n) is 4.83. The summed E-state index contributed by atoms with van der Waals surface area (Å²) in [5, 5.41) is 4.08. The SMILES string of the molecule is CC(=O)OC(C)CC[P+](c1ccccc1)(c1ccccc1)c1ccccc1. The van der Waals surface area contributed by atoms with E-state index in [9.17, 15) is 4.79 Å². The third kappa shape index (κ3) is 4.46. The predicted octanol–water partition coefficient (Wildman–Crippen LogP) is 4.32. The molecule has 0 bridgehead atoms. The first kappa shape index (κ1) is 19.3. The summed E-state index contributed by atoms with van der Waals surface area (Å²) >= 11 is 0. The Hall–Kier alpha value is -2.44. The Morgan fingerprint density at radius 2 is 1.15 bits per heavy atom. The molecule has 0 saturated carbocycles. The van der Waals surface area contributed by atoms with Crippen LogP contribution in [0.3, 0.4) is 0 Å². The van der Waals surface area contributed by atoms with E-state index in [-0.39, 0.29) is 12.1 Å². The minimum absolute atomic E-state index is 0.0991. The second-order valence-corrected chi connectivity index (χ2v) is 10.4. The molecule has 1 unspecified atom stereocenters. The normalized spacial score (nSPS) is 12.4. The maximum absolute atomic E-state index is 11.4. The number of hydrogen-bond donors (Lipinski definition) is 0. The van der Waals surface area contributed by atoms with Gasteiger partial charge in [-0.05, 0) is 43.3 Å². The average molecular weight is 377 g/mol. The van der Waals surface area contributed by atoms with Crippen LogP contribution in [0.2, 0.25) is 0 Å². The largest absolute Gasteiger partial charge is 0.463 e. The van der Waals surface area contributed by atoms with Gasteiger partial charge >= 0.3 is 5.97 Å². The van der Waals surface area contributed by atoms with Gasteiger partial charge in [-0.1, -0.05) is 54.6 Å². The summed E-state index contributed by atoms with van der Waals surface area (Å²) in [4.78, 5) is 11.4. The van der Waals surface area contributed by atoms with Crippen LogP contribution in [0.1, 0.15) is 20.3 Å². The Morgan fingerprint density at radius 3 is 1.48 bits per heavy atom. The molecule has 138 valence electrons. The maximum Gasteiger partial charge on any atom is 0.302 e. The van der Waals surface area contributed by atoms with Crippen molar-refractivity contribution in [2.24, 2.45) is 0 Å². The maximum atomic E-state index is 11.4. The minimum Gasteiger partial charge on any atom is -0.463 e. The quantitative estimate of drug-likeness (QED) is 0.453. The molecule has 0 heterocycles. The molecule has 3 heteroatoms. The van der Waals surface area contributed by atoms with Crippen molar-refractivity contribution < 1.29 is 9.53 Å². The van der Waals surface area contributed by atoms with Crippen LogP contribution in [0.25, 0.3) is 0 Å². The van der Waals surface area contributed by atoms with Crippen molar-refractivity contribution in [3.8, 4) is 0 Å². The number of carbonyl (C=O) groups is 1. The van der Waals surface area contributed by atoms with E-state index in [1.165, 1.54) is 22.8 Å². The van der Waals surface area contributed by atoms with E-state index >= 15 is 0 Å². The zero-order valence-corrected chi connectivity index (χ0v) is 16.8. The van der Waals surface area contributed by atoms with Crippen molar-refractivity contribution in [2.75, 3.05) is 6.16 Å². The lowest BCUT2D eigenvalue weighted by Crippen LogP contribution is -2.34. The van der Waals surface area contributed by atoms with Crippen molar-refractivity contribution in [1.29, 1.82) is 0 Å². The van der Waals surface area contributed by atoms with Crippen LogP contribution in [-0.4, -0.2) is 18.2 Å². The molecule has 3 rings (SSSR count). The van der Waals surface area contributed by atoms with Gasteiger partial charge in [-0.25, -0.2) is 0 Å². The summed E-state index contributed by atoms with van der Waals surface area (Å²) in [5.41, 5.74) is 0. The molecule has 0 amide bonds. The molecule has 0 aliphatic rings. The van der Waals surface area contributed by atoms with E-state index in [2.05, 4.69) is 91.0 Å². The third-order valence-corrected chi connectivity index (χ3v) is 9.30. The summed E-state index contributed by atoms with van der Waals surface area (Å²) in [6.45, 7) is 3.46. The molecule has 0 N–H and O–H groups in total. The van der Waals surface area contributed by atoms with E-state index in [0.29, 0.717) is 0 Å². The Balaban J connectivity index is 2.12. The first-order chi connectivity index (χ1) is 13.1. The fourth-order valence-electron chi connectivity index (χ4n) is 3.60.